The minimum absolute atomic E-state index is 0.0121. The summed E-state index contributed by atoms with van der Waals surface area (Å²) in [4.78, 5) is 105. The molecule has 0 amide bonds. The molecule has 1 aliphatic heterocycles. The van der Waals surface area contributed by atoms with Gasteiger partial charge in [0.25, 0.3) is 0 Å². The fourth-order valence-corrected chi connectivity index (χ4v) is 6.66. The molecule has 0 spiro atoms. The number of Topliss-reactive ketones (excluding diaryl/α,β-unsaturated/α-hetero) is 6. The Kier molecular flexibility index (Phi) is 8.14. The van der Waals surface area contributed by atoms with Gasteiger partial charge in [-0.1, -0.05) is 54.6 Å². The average Bonchev–Trinajstić information content (AvgIpc) is 3.15. The predicted octanol–water partition coefficient (Wildman–Crippen LogP) is 5.67. The van der Waals surface area contributed by atoms with Crippen molar-refractivity contribution in [2.75, 3.05) is 7.11 Å². The van der Waals surface area contributed by atoms with E-state index in [-0.39, 0.29) is 44.9 Å². The quantitative estimate of drug-likeness (QED) is 0.332. The van der Waals surface area contributed by atoms with Crippen LogP contribution in [0.1, 0.15) is 81.6 Å². The van der Waals surface area contributed by atoms with Crippen molar-refractivity contribution < 1.29 is 52.9 Å². The van der Waals surface area contributed by atoms with Gasteiger partial charge < -0.3 is 14.6 Å². The third-order valence-electron chi connectivity index (χ3n) is 9.11. The molecule has 11 heteroatoms. The van der Waals surface area contributed by atoms with Crippen LogP contribution in [-0.2, 0) is 14.3 Å². The van der Waals surface area contributed by atoms with E-state index in [9.17, 15) is 43.5 Å². The highest BCUT2D eigenvalue weighted by atomic mass is 16.5. The fourth-order valence-electron chi connectivity index (χ4n) is 6.66. The van der Waals surface area contributed by atoms with Crippen LogP contribution in [0.15, 0.2) is 125 Å². The van der Waals surface area contributed by atoms with E-state index in [0.29, 0.717) is 11.3 Å². The van der Waals surface area contributed by atoms with Gasteiger partial charge in [-0.05, 0) is 56.4 Å². The van der Waals surface area contributed by atoms with Crippen molar-refractivity contribution in [2.24, 2.45) is 0 Å². The lowest BCUT2D eigenvalue weighted by molar-refractivity contribution is -0.113. The van der Waals surface area contributed by atoms with Crippen molar-refractivity contribution >= 4 is 52.3 Å². The SMILES string of the molecule is COC1=C(C2=C(C3=C(O)C(=O)c4ccccc4C3=O)C(=O)c3ccccc3C2=O)C(=O)c2ccc3c(c2C1=O)C=CC(C)(C)O3.O=C1C=CC(=O)C=C1. The highest BCUT2D eigenvalue weighted by molar-refractivity contribution is 6.41. The van der Waals surface area contributed by atoms with Crippen LogP contribution in [0.5, 0.6) is 5.75 Å². The average molecular weight is 707 g/mol. The Bertz CT molecular complexity index is 2490. The maximum absolute atomic E-state index is 14.4. The topological polar surface area (TPSA) is 175 Å². The zero-order valence-corrected chi connectivity index (χ0v) is 28.3. The molecule has 260 valence electrons. The second-order valence-corrected chi connectivity index (χ2v) is 12.9. The van der Waals surface area contributed by atoms with Crippen LogP contribution in [0.3, 0.4) is 0 Å². The lowest BCUT2D eigenvalue weighted by Gasteiger charge is -2.31. The summed E-state index contributed by atoms with van der Waals surface area (Å²) >= 11 is 0. The Balaban J connectivity index is 0.000000483. The molecule has 0 fully saturated rings. The van der Waals surface area contributed by atoms with Crippen LogP contribution in [0, 0.1) is 0 Å². The first-order chi connectivity index (χ1) is 25.3. The number of carbonyl (C=O) groups excluding carboxylic acids is 8. The summed E-state index contributed by atoms with van der Waals surface area (Å²) in [5, 5.41) is 11.1. The molecule has 0 saturated heterocycles. The van der Waals surface area contributed by atoms with Gasteiger partial charge in [-0.3, -0.25) is 38.4 Å². The molecule has 8 rings (SSSR count). The van der Waals surface area contributed by atoms with Crippen LogP contribution in [-0.4, -0.2) is 64.1 Å². The van der Waals surface area contributed by atoms with Gasteiger partial charge in [0.1, 0.15) is 11.4 Å². The Morgan fingerprint density at radius 3 is 1.49 bits per heavy atom. The first kappa shape index (κ1) is 34.3. The first-order valence-corrected chi connectivity index (χ1v) is 16.2. The van der Waals surface area contributed by atoms with Gasteiger partial charge in [0, 0.05) is 50.1 Å². The van der Waals surface area contributed by atoms with Crippen LogP contribution in [0.4, 0.5) is 0 Å². The lowest BCUT2D eigenvalue weighted by atomic mass is 9.71. The zero-order chi connectivity index (χ0) is 37.9. The van der Waals surface area contributed by atoms with Crippen molar-refractivity contribution in [1.29, 1.82) is 0 Å². The molecule has 3 aromatic carbocycles. The molecule has 0 atom stereocenters. The van der Waals surface area contributed by atoms with Gasteiger partial charge >= 0.3 is 0 Å². The summed E-state index contributed by atoms with van der Waals surface area (Å²) in [6.45, 7) is 3.66. The third-order valence-corrected chi connectivity index (χ3v) is 9.11. The molecule has 0 aromatic heterocycles. The maximum Gasteiger partial charge on any atom is 0.229 e. The number of benzene rings is 3. The Hall–Kier alpha value is -7.14. The second kappa shape index (κ2) is 12.6. The number of aliphatic hydroxyl groups excluding tert-OH is 1. The van der Waals surface area contributed by atoms with Crippen LogP contribution < -0.4 is 4.74 Å². The predicted molar refractivity (Wildman–Crippen MR) is 188 cm³/mol. The highest BCUT2D eigenvalue weighted by Crippen LogP contribution is 2.44. The zero-order valence-electron chi connectivity index (χ0n) is 28.3. The molecule has 1 heterocycles. The van der Waals surface area contributed by atoms with E-state index in [2.05, 4.69) is 0 Å². The minimum atomic E-state index is -1.06. The van der Waals surface area contributed by atoms with E-state index in [0.717, 1.165) is 7.11 Å². The number of hydrogen-bond acceptors (Lipinski definition) is 11. The molecule has 1 N–H and O–H groups in total. The highest BCUT2D eigenvalue weighted by Gasteiger charge is 2.47. The monoisotopic (exact) mass is 706 g/mol. The molecule has 0 radical (unpaired) electrons. The van der Waals surface area contributed by atoms with Crippen LogP contribution >= 0.6 is 0 Å². The molecular formula is C42H26O11. The number of ketones is 8. The Morgan fingerprint density at radius 2 is 0.981 bits per heavy atom. The molecule has 53 heavy (non-hydrogen) atoms. The largest absolute Gasteiger partial charge is 0.504 e. The molecule has 11 nitrogen and oxygen atoms in total. The van der Waals surface area contributed by atoms with Gasteiger partial charge in [-0.25, -0.2) is 0 Å². The Labute approximate surface area is 300 Å². The van der Waals surface area contributed by atoms with E-state index >= 15 is 0 Å². The van der Waals surface area contributed by atoms with Gasteiger partial charge in [0.2, 0.25) is 11.6 Å². The van der Waals surface area contributed by atoms with Crippen LogP contribution in [0.25, 0.3) is 6.08 Å². The number of rotatable bonds is 3. The molecule has 4 aliphatic carbocycles. The third kappa shape index (κ3) is 5.46. The minimum Gasteiger partial charge on any atom is -0.504 e. The second-order valence-electron chi connectivity index (χ2n) is 12.9. The summed E-state index contributed by atoms with van der Waals surface area (Å²) in [6.07, 6.45) is 8.41. The Morgan fingerprint density at radius 1 is 0.528 bits per heavy atom. The van der Waals surface area contributed by atoms with Crippen molar-refractivity contribution in [2.45, 2.75) is 19.4 Å². The molecule has 0 bridgehead atoms. The summed E-state index contributed by atoms with van der Waals surface area (Å²) in [5.41, 5.74) is -3.37. The standard InChI is InChI=1S/C36H22O9.C6H4O2/c1-36(2)15-14-20-22(45-36)13-12-21-23(20)34(43)35(44-3)27(31(21)40)25-24(28(37)16-8-4-5-9-17(16)29(25)38)26-30(39)18-10-6-7-11-19(18)32(41)33(26)42;7-5-1-2-6(8)4-3-5/h4-15,42H,1-3H3;1-4H. The van der Waals surface area contributed by atoms with E-state index in [4.69, 9.17) is 9.47 Å². The number of carbonyl (C=O) groups is 8. The van der Waals surface area contributed by atoms with E-state index in [1.165, 1.54) is 85.0 Å². The van der Waals surface area contributed by atoms with Gasteiger partial charge in [0.05, 0.1) is 18.3 Å². The number of aliphatic hydroxyl groups is 1. The van der Waals surface area contributed by atoms with E-state index in [1.807, 2.05) is 13.8 Å². The van der Waals surface area contributed by atoms with Crippen LogP contribution in [0.2, 0.25) is 0 Å². The first-order valence-electron chi connectivity index (χ1n) is 16.2. The summed E-state index contributed by atoms with van der Waals surface area (Å²) in [6, 6.07) is 14.4. The fraction of sp³-hybridized carbons (Fsp3) is 0.0952. The summed E-state index contributed by atoms with van der Waals surface area (Å²) < 4.78 is 11.5. The lowest BCUT2D eigenvalue weighted by Crippen LogP contribution is -2.34. The smallest absolute Gasteiger partial charge is 0.229 e. The maximum atomic E-state index is 14.4. The normalized spacial score (nSPS) is 18.3. The van der Waals surface area contributed by atoms with Gasteiger partial charge in [-0.15, -0.1) is 0 Å². The molecular weight excluding hydrogens is 680 g/mol. The molecule has 0 saturated carbocycles. The number of hydrogen-bond donors (Lipinski definition) is 1. The van der Waals surface area contributed by atoms with E-state index < -0.39 is 74.1 Å². The van der Waals surface area contributed by atoms with Gasteiger partial charge in [-0.2, -0.15) is 0 Å². The number of allylic oxidation sites excluding steroid dienone is 10. The molecule has 5 aliphatic rings. The molecule has 0 unspecified atom stereocenters. The number of methoxy groups -OCH3 is 1. The van der Waals surface area contributed by atoms with E-state index in [1.54, 1.807) is 12.2 Å². The van der Waals surface area contributed by atoms with Crippen molar-refractivity contribution in [3.8, 4) is 5.75 Å². The summed E-state index contributed by atoms with van der Waals surface area (Å²) in [7, 11) is 1.14. The molecule has 3 aromatic rings. The van der Waals surface area contributed by atoms with Crippen molar-refractivity contribution in [1.82, 2.24) is 0 Å². The number of ether oxygens (including phenoxy) is 2. The summed E-state index contributed by atoms with van der Waals surface area (Å²) in [5.74, 6) is -6.65. The van der Waals surface area contributed by atoms with Crippen molar-refractivity contribution in [3.05, 3.63) is 164 Å². The van der Waals surface area contributed by atoms with Gasteiger partial charge in [0.15, 0.2) is 46.2 Å². The van der Waals surface area contributed by atoms with Crippen molar-refractivity contribution in [3.63, 3.8) is 0 Å². The number of fused-ring (bicyclic) bond motifs is 5.